The van der Waals surface area contributed by atoms with Crippen LogP contribution >= 0.6 is 11.6 Å². The molecule has 0 aromatic carbocycles. The summed E-state index contributed by atoms with van der Waals surface area (Å²) in [5, 5.41) is 0.451. The van der Waals surface area contributed by atoms with Gasteiger partial charge in [0.25, 0.3) is 6.47 Å². The van der Waals surface area contributed by atoms with Crippen molar-refractivity contribution in [2.45, 2.75) is 6.92 Å². The summed E-state index contributed by atoms with van der Waals surface area (Å²) in [5.41, 5.74) is 0. The highest BCUT2D eigenvalue weighted by molar-refractivity contribution is 6.29. The largest absolute Gasteiger partial charge is 0.435 e. The third-order valence-electron chi connectivity index (χ3n) is 0.286. The Hall–Kier alpha value is -0.500. The molecule has 3 heteroatoms. The van der Waals surface area contributed by atoms with Crippen LogP contribution in [0.1, 0.15) is 6.92 Å². The van der Waals surface area contributed by atoms with E-state index in [2.05, 4.69) is 4.74 Å². The van der Waals surface area contributed by atoms with Gasteiger partial charge < -0.3 is 4.74 Å². The molecule has 0 spiro atoms. The van der Waals surface area contributed by atoms with Gasteiger partial charge in [0.05, 0.1) is 5.03 Å². The topological polar surface area (TPSA) is 26.3 Å². The van der Waals surface area contributed by atoms with E-state index in [1.165, 1.54) is 0 Å². The van der Waals surface area contributed by atoms with Crippen molar-refractivity contribution in [1.29, 1.82) is 0 Å². The van der Waals surface area contributed by atoms with Gasteiger partial charge in [0, 0.05) is 0 Å². The Labute approximate surface area is 46.7 Å². The van der Waals surface area contributed by atoms with Crippen LogP contribution in [0.25, 0.3) is 0 Å². The second kappa shape index (κ2) is 3.68. The number of rotatable bonds is 2. The number of hydrogen-bond donors (Lipinski definition) is 0. The fourth-order valence-electron chi connectivity index (χ4n) is 0.122. The molecule has 0 amide bonds. The van der Waals surface area contributed by atoms with Crippen molar-refractivity contribution in [3.8, 4) is 0 Å². The van der Waals surface area contributed by atoms with Crippen LogP contribution in [0.15, 0.2) is 11.3 Å². The Balaban J connectivity index is 3.25. The molecule has 40 valence electrons. The monoisotopic (exact) mass is 120 g/mol. The molecule has 0 aliphatic carbocycles. The molecule has 0 aliphatic rings. The number of allylic oxidation sites excluding steroid dienone is 1. The lowest BCUT2D eigenvalue weighted by molar-refractivity contribution is -0.123. The first-order valence-corrected chi connectivity index (χ1v) is 2.06. The highest BCUT2D eigenvalue weighted by Gasteiger charge is 1.74. The van der Waals surface area contributed by atoms with Crippen LogP contribution < -0.4 is 0 Å². The molecule has 0 rings (SSSR count). The van der Waals surface area contributed by atoms with Crippen LogP contribution in [0, 0.1) is 0 Å². The van der Waals surface area contributed by atoms with Gasteiger partial charge >= 0.3 is 0 Å². The molecule has 0 bridgehead atoms. The lowest BCUT2D eigenvalue weighted by Gasteiger charge is -1.81. The Morgan fingerprint density at radius 1 is 1.86 bits per heavy atom. The fraction of sp³-hybridized carbons (Fsp3) is 0.250. The summed E-state index contributed by atoms with van der Waals surface area (Å²) in [6.07, 6.45) is 1.16. The predicted molar refractivity (Wildman–Crippen MR) is 26.8 cm³/mol. The van der Waals surface area contributed by atoms with E-state index in [4.69, 9.17) is 11.6 Å². The van der Waals surface area contributed by atoms with Crippen molar-refractivity contribution < 1.29 is 9.53 Å². The van der Waals surface area contributed by atoms with E-state index in [-0.39, 0.29) is 0 Å². The summed E-state index contributed by atoms with van der Waals surface area (Å²) in [4.78, 5) is 9.38. The van der Waals surface area contributed by atoms with E-state index in [0.717, 1.165) is 6.26 Å². The fourth-order valence-corrected chi connectivity index (χ4v) is 0.173. The van der Waals surface area contributed by atoms with Gasteiger partial charge in [-0.05, 0) is 6.92 Å². The molecule has 2 nitrogen and oxygen atoms in total. The maximum atomic E-state index is 9.38. The zero-order chi connectivity index (χ0) is 5.70. The smallest absolute Gasteiger partial charge is 0.297 e. The van der Waals surface area contributed by atoms with Crippen LogP contribution in [0.4, 0.5) is 0 Å². The second-order valence-electron chi connectivity index (χ2n) is 0.937. The van der Waals surface area contributed by atoms with Gasteiger partial charge in [-0.3, -0.25) is 4.79 Å². The van der Waals surface area contributed by atoms with Crippen molar-refractivity contribution in [1.82, 2.24) is 0 Å². The van der Waals surface area contributed by atoms with Crippen molar-refractivity contribution >= 4 is 18.1 Å². The number of carbonyl (C=O) groups excluding carboxylic acids is 1. The minimum Gasteiger partial charge on any atom is -0.435 e. The molecule has 0 unspecified atom stereocenters. The molecule has 0 saturated carbocycles. The van der Waals surface area contributed by atoms with Gasteiger partial charge in [-0.25, -0.2) is 0 Å². The maximum Gasteiger partial charge on any atom is 0.297 e. The zero-order valence-corrected chi connectivity index (χ0v) is 4.61. The normalized spacial score (nSPS) is 10.9. The van der Waals surface area contributed by atoms with E-state index in [1.54, 1.807) is 6.92 Å². The zero-order valence-electron chi connectivity index (χ0n) is 3.85. The number of hydrogen-bond acceptors (Lipinski definition) is 2. The van der Waals surface area contributed by atoms with Crippen LogP contribution in [0.3, 0.4) is 0 Å². The number of carbonyl (C=O) groups is 1. The first-order valence-electron chi connectivity index (χ1n) is 1.68. The van der Waals surface area contributed by atoms with Gasteiger partial charge in [-0.2, -0.15) is 0 Å². The average molecular weight is 121 g/mol. The Kier molecular flexibility index (Phi) is 3.42. The standard InChI is InChI=1S/C4H5ClO2/c1-4(5)2-7-3-6/h2-3H,1H3/b4-2+. The van der Waals surface area contributed by atoms with Gasteiger partial charge in [0.1, 0.15) is 6.26 Å². The van der Waals surface area contributed by atoms with E-state index in [9.17, 15) is 4.79 Å². The Morgan fingerprint density at radius 3 is 2.57 bits per heavy atom. The lowest BCUT2D eigenvalue weighted by Crippen LogP contribution is -1.72. The summed E-state index contributed by atoms with van der Waals surface area (Å²) in [6, 6.07) is 0. The second-order valence-corrected chi connectivity index (χ2v) is 1.53. The molecule has 0 saturated heterocycles. The molecule has 7 heavy (non-hydrogen) atoms. The maximum absolute atomic E-state index is 9.38. The first-order chi connectivity index (χ1) is 3.27. The van der Waals surface area contributed by atoms with Crippen LogP contribution in [-0.4, -0.2) is 6.47 Å². The van der Waals surface area contributed by atoms with Crippen LogP contribution in [0.5, 0.6) is 0 Å². The van der Waals surface area contributed by atoms with Crippen molar-refractivity contribution in [3.63, 3.8) is 0 Å². The van der Waals surface area contributed by atoms with Crippen LogP contribution in [-0.2, 0) is 9.53 Å². The highest BCUT2D eigenvalue weighted by atomic mass is 35.5. The van der Waals surface area contributed by atoms with Gasteiger partial charge in [0.15, 0.2) is 0 Å². The minimum atomic E-state index is 0.311. The lowest BCUT2D eigenvalue weighted by atomic mass is 10.7. The molecule has 0 fully saturated rings. The van der Waals surface area contributed by atoms with Crippen molar-refractivity contribution in [2.24, 2.45) is 0 Å². The molecular weight excluding hydrogens is 115 g/mol. The quantitative estimate of drug-likeness (QED) is 0.405. The summed E-state index contributed by atoms with van der Waals surface area (Å²) in [6.45, 7) is 1.93. The van der Waals surface area contributed by atoms with E-state index in [1.807, 2.05) is 0 Å². The number of ether oxygens (including phenoxy) is 1. The number of halogens is 1. The van der Waals surface area contributed by atoms with Crippen LogP contribution in [0.2, 0.25) is 0 Å². The SMILES string of the molecule is C/C(Cl)=C\OC=O. The van der Waals surface area contributed by atoms with E-state index in [0.29, 0.717) is 11.5 Å². The summed E-state index contributed by atoms with van der Waals surface area (Å²) < 4.78 is 4.12. The summed E-state index contributed by atoms with van der Waals surface area (Å²) in [7, 11) is 0. The summed E-state index contributed by atoms with van der Waals surface area (Å²) >= 11 is 5.23. The molecule has 0 heterocycles. The Bertz CT molecular complexity index is 83.7. The minimum absolute atomic E-state index is 0.311. The van der Waals surface area contributed by atoms with E-state index < -0.39 is 0 Å². The molecule has 0 N–H and O–H groups in total. The third-order valence-corrected chi connectivity index (χ3v) is 0.375. The summed E-state index contributed by atoms with van der Waals surface area (Å²) in [5.74, 6) is 0. The molecule has 0 atom stereocenters. The average Bonchev–Trinajstić information content (AvgIpc) is 1.61. The van der Waals surface area contributed by atoms with Gasteiger partial charge in [-0.1, -0.05) is 11.6 Å². The molecular formula is C4H5ClO2. The third kappa shape index (κ3) is 5.50. The first kappa shape index (κ1) is 6.50. The van der Waals surface area contributed by atoms with Gasteiger partial charge in [-0.15, -0.1) is 0 Å². The molecule has 0 aliphatic heterocycles. The van der Waals surface area contributed by atoms with Crippen molar-refractivity contribution in [2.75, 3.05) is 0 Å². The molecule has 0 radical (unpaired) electrons. The highest BCUT2D eigenvalue weighted by Crippen LogP contribution is 1.95. The van der Waals surface area contributed by atoms with Crippen molar-refractivity contribution in [3.05, 3.63) is 11.3 Å². The Morgan fingerprint density at radius 2 is 2.43 bits per heavy atom. The molecule has 0 aromatic rings. The molecule has 0 aromatic heterocycles. The predicted octanol–water partition coefficient (Wildman–Crippen LogP) is 1.26. The van der Waals surface area contributed by atoms with Gasteiger partial charge in [0.2, 0.25) is 0 Å². The van der Waals surface area contributed by atoms with E-state index >= 15 is 0 Å².